The first-order valence-corrected chi connectivity index (χ1v) is 14.0. The van der Waals surface area contributed by atoms with Crippen molar-refractivity contribution < 1.29 is 40.3 Å². The van der Waals surface area contributed by atoms with E-state index in [0.29, 0.717) is 6.07 Å². The molecule has 0 fully saturated rings. The van der Waals surface area contributed by atoms with E-state index in [1.54, 1.807) is 0 Å². The summed E-state index contributed by atoms with van der Waals surface area (Å²) in [6.45, 7) is 1.44. The first-order chi connectivity index (χ1) is 20.9. The molecule has 0 saturated heterocycles. The smallest absolute Gasteiger partial charge is 0.416 e. The minimum Gasteiger partial charge on any atom is -0.494 e. The lowest BCUT2D eigenvalue weighted by Gasteiger charge is -2.22. The van der Waals surface area contributed by atoms with Gasteiger partial charge in [-0.3, -0.25) is 9.36 Å². The molecule has 4 aromatic rings. The normalized spacial score (nSPS) is 15.0. The van der Waals surface area contributed by atoms with Crippen LogP contribution in [-0.2, 0) is 17.4 Å². The molecule has 0 saturated carbocycles. The monoisotopic (exact) mass is 636 g/mol. The number of aromatic nitrogens is 1. The highest BCUT2D eigenvalue weighted by atomic mass is 32.2. The average molecular weight is 637 g/mol. The van der Waals surface area contributed by atoms with Crippen molar-refractivity contribution >= 4 is 17.5 Å². The lowest BCUT2D eigenvalue weighted by atomic mass is 9.92. The number of benzene rings is 3. The number of alkyl halides is 3. The van der Waals surface area contributed by atoms with E-state index in [1.165, 1.54) is 43.9 Å². The number of pyridine rings is 1. The minimum absolute atomic E-state index is 0.0372. The molecule has 5 rings (SSSR count). The summed E-state index contributed by atoms with van der Waals surface area (Å²) in [5, 5.41) is 4.12. The van der Waals surface area contributed by atoms with E-state index in [-0.39, 0.29) is 50.1 Å². The van der Waals surface area contributed by atoms with Gasteiger partial charge >= 0.3 is 6.18 Å². The molecule has 2 heterocycles. The molecule has 13 heteroatoms. The fraction of sp³-hybridized carbons (Fsp3) is 0.226. The molecule has 0 spiro atoms. The summed E-state index contributed by atoms with van der Waals surface area (Å²) >= 11 is 1.06. The van der Waals surface area contributed by atoms with Crippen molar-refractivity contribution in [2.24, 2.45) is 5.16 Å². The maximum Gasteiger partial charge on any atom is 0.416 e. The first-order valence-electron chi connectivity index (χ1n) is 13.0. The molecular weight excluding hydrogens is 613 g/mol. The molecule has 0 amide bonds. The summed E-state index contributed by atoms with van der Waals surface area (Å²) in [5.41, 5.74) is -2.89. The summed E-state index contributed by atoms with van der Waals surface area (Å²) < 4.78 is 107. The predicted molar refractivity (Wildman–Crippen MR) is 151 cm³/mol. The number of rotatable bonds is 7. The van der Waals surface area contributed by atoms with Gasteiger partial charge in [0.05, 0.1) is 29.3 Å². The number of hydrogen-bond acceptors (Lipinski definition) is 5. The zero-order chi connectivity index (χ0) is 31.9. The van der Waals surface area contributed by atoms with Crippen LogP contribution < -0.4 is 10.3 Å². The first kappa shape index (κ1) is 31.2. The van der Waals surface area contributed by atoms with Crippen LogP contribution in [0.5, 0.6) is 5.75 Å². The Bertz CT molecular complexity index is 1830. The van der Waals surface area contributed by atoms with Crippen LogP contribution in [0.1, 0.15) is 33.9 Å². The van der Waals surface area contributed by atoms with Crippen LogP contribution in [0.25, 0.3) is 11.1 Å². The highest BCUT2D eigenvalue weighted by molar-refractivity contribution is 7.99. The number of halogens is 7. The third-order valence-electron chi connectivity index (χ3n) is 7.32. The second-order valence-electron chi connectivity index (χ2n) is 9.87. The Labute approximate surface area is 250 Å². The Morgan fingerprint density at radius 1 is 1.00 bits per heavy atom. The predicted octanol–water partition coefficient (Wildman–Crippen LogP) is 7.70. The topological polar surface area (TPSA) is 52.8 Å². The second-order valence-corrected chi connectivity index (χ2v) is 10.9. The zero-order valence-electron chi connectivity index (χ0n) is 23.4. The Morgan fingerprint density at radius 2 is 1.68 bits per heavy atom. The lowest BCUT2D eigenvalue weighted by Crippen LogP contribution is -2.32. The number of fused-ring (bicyclic) bond motifs is 1. The van der Waals surface area contributed by atoms with E-state index in [1.807, 2.05) is 0 Å². The second kappa shape index (κ2) is 12.0. The van der Waals surface area contributed by atoms with E-state index in [2.05, 4.69) is 5.16 Å². The standard InChI is InChI=1S/C31H23F7N2O3S/c1-15-20(13-21-22(31(36,37)38)7-5-8-23(21)34)30-40(29(41)26(15)19-6-4-9-25(42-2)27(19)35)24(14-44-30)28(39-43-3)16-10-17(32)12-18(33)11-16/h4-12,24H,13-14H2,1-3H3/b39-28+. The van der Waals surface area contributed by atoms with Gasteiger partial charge in [0.2, 0.25) is 0 Å². The third-order valence-corrected chi connectivity index (χ3v) is 8.52. The molecule has 1 aliphatic heterocycles. The van der Waals surface area contributed by atoms with E-state index < -0.39 is 58.6 Å². The Morgan fingerprint density at radius 3 is 2.32 bits per heavy atom. The molecule has 0 radical (unpaired) electrons. The summed E-state index contributed by atoms with van der Waals surface area (Å²) in [6.07, 6.45) is -5.50. The van der Waals surface area contributed by atoms with Crippen molar-refractivity contribution in [2.45, 2.75) is 30.6 Å². The van der Waals surface area contributed by atoms with E-state index in [9.17, 15) is 26.7 Å². The van der Waals surface area contributed by atoms with Gasteiger partial charge in [0.15, 0.2) is 11.6 Å². The van der Waals surface area contributed by atoms with E-state index >= 15 is 8.78 Å². The van der Waals surface area contributed by atoms with Crippen LogP contribution >= 0.6 is 11.8 Å². The summed E-state index contributed by atoms with van der Waals surface area (Å²) in [6, 6.07) is 8.24. The highest BCUT2D eigenvalue weighted by Gasteiger charge is 2.38. The van der Waals surface area contributed by atoms with Gasteiger partial charge in [0, 0.05) is 34.9 Å². The highest BCUT2D eigenvalue weighted by Crippen LogP contribution is 2.43. The van der Waals surface area contributed by atoms with Gasteiger partial charge in [-0.25, -0.2) is 17.6 Å². The average Bonchev–Trinajstić information content (AvgIpc) is 3.39. The summed E-state index contributed by atoms with van der Waals surface area (Å²) in [4.78, 5) is 19.2. The van der Waals surface area contributed by atoms with Gasteiger partial charge in [-0.15, -0.1) is 11.8 Å². The van der Waals surface area contributed by atoms with Gasteiger partial charge < -0.3 is 9.57 Å². The fourth-order valence-electron chi connectivity index (χ4n) is 5.38. The van der Waals surface area contributed by atoms with Crippen molar-refractivity contribution in [2.75, 3.05) is 20.0 Å². The van der Waals surface area contributed by atoms with Gasteiger partial charge in [-0.2, -0.15) is 13.2 Å². The van der Waals surface area contributed by atoms with Crippen molar-refractivity contribution in [1.82, 2.24) is 4.57 Å². The van der Waals surface area contributed by atoms with Crippen LogP contribution in [0.15, 0.2) is 69.6 Å². The number of thioether (sulfide) groups is 1. The van der Waals surface area contributed by atoms with Crippen molar-refractivity contribution in [3.63, 3.8) is 0 Å². The number of hydrogen-bond donors (Lipinski definition) is 0. The molecule has 1 aliphatic rings. The Kier molecular flexibility index (Phi) is 8.52. The largest absolute Gasteiger partial charge is 0.494 e. The minimum atomic E-state index is -4.89. The van der Waals surface area contributed by atoms with Crippen LogP contribution in [-0.4, -0.2) is 30.3 Å². The van der Waals surface area contributed by atoms with Gasteiger partial charge in [-0.05, 0) is 48.4 Å². The van der Waals surface area contributed by atoms with E-state index in [4.69, 9.17) is 9.57 Å². The maximum absolute atomic E-state index is 15.6. The Balaban J connectivity index is 1.83. The van der Waals surface area contributed by atoms with Crippen molar-refractivity contribution in [3.05, 3.63) is 116 Å². The molecule has 5 nitrogen and oxygen atoms in total. The number of ether oxygens (including phenoxy) is 1. The fourth-order valence-corrected chi connectivity index (χ4v) is 6.75. The Hall–Kier alpha value is -4.26. The molecule has 3 aromatic carbocycles. The number of nitrogens with zero attached hydrogens (tertiary/aromatic N) is 2. The third kappa shape index (κ3) is 5.56. The van der Waals surface area contributed by atoms with Crippen LogP contribution in [0.3, 0.4) is 0 Å². The van der Waals surface area contributed by atoms with Crippen LogP contribution in [0.2, 0.25) is 0 Å². The van der Waals surface area contributed by atoms with Crippen LogP contribution in [0, 0.1) is 30.2 Å². The SMILES string of the molecule is CO/N=C(\c1cc(F)cc(F)c1)C1CSc2c(Cc3c(F)cccc3C(F)(F)F)c(C)c(-c3cccc(OC)c3F)c(=O)n21. The quantitative estimate of drug-likeness (QED) is 0.119. The maximum atomic E-state index is 15.6. The van der Waals surface area contributed by atoms with Crippen molar-refractivity contribution in [3.8, 4) is 16.9 Å². The molecular formula is C31H23F7N2O3S. The van der Waals surface area contributed by atoms with E-state index in [0.717, 1.165) is 42.1 Å². The van der Waals surface area contributed by atoms with Crippen molar-refractivity contribution in [1.29, 1.82) is 0 Å². The molecule has 230 valence electrons. The molecule has 1 unspecified atom stereocenters. The molecule has 0 aliphatic carbocycles. The summed E-state index contributed by atoms with van der Waals surface area (Å²) in [5.74, 6) is -4.02. The number of oxime groups is 1. The lowest BCUT2D eigenvalue weighted by molar-refractivity contribution is -0.138. The molecule has 44 heavy (non-hydrogen) atoms. The molecule has 1 atom stereocenters. The molecule has 1 aromatic heterocycles. The molecule has 0 N–H and O–H groups in total. The molecule has 0 bridgehead atoms. The van der Waals surface area contributed by atoms with Gasteiger partial charge in [0.25, 0.3) is 5.56 Å². The van der Waals surface area contributed by atoms with Crippen LogP contribution in [0.4, 0.5) is 30.7 Å². The summed E-state index contributed by atoms with van der Waals surface area (Å²) in [7, 11) is 2.42. The van der Waals surface area contributed by atoms with Gasteiger partial charge in [0.1, 0.15) is 30.3 Å². The zero-order valence-corrected chi connectivity index (χ0v) is 24.2. The van der Waals surface area contributed by atoms with Gasteiger partial charge in [-0.1, -0.05) is 23.4 Å². The number of methoxy groups -OCH3 is 1.